The van der Waals surface area contributed by atoms with E-state index in [0.29, 0.717) is 38.6 Å². The van der Waals surface area contributed by atoms with Crippen LogP contribution in [0.3, 0.4) is 0 Å². The van der Waals surface area contributed by atoms with Crippen molar-refractivity contribution in [3.05, 3.63) is 24.8 Å². The quantitative estimate of drug-likeness (QED) is 0.107. The lowest BCUT2D eigenvalue weighted by molar-refractivity contribution is -0.136. The summed E-state index contributed by atoms with van der Waals surface area (Å²) < 4.78 is 55.6. The Morgan fingerprint density at radius 3 is 1.02 bits per heavy atom. The van der Waals surface area contributed by atoms with E-state index >= 15 is 0 Å². The van der Waals surface area contributed by atoms with Gasteiger partial charge in [-0.25, -0.2) is 9.59 Å². The minimum absolute atomic E-state index is 0. The molecular weight excluding hydrogens is 629 g/mol. The van der Waals surface area contributed by atoms with E-state index in [1.807, 2.05) is 54.6 Å². The normalized spacial score (nSPS) is 10.3. The lowest BCUT2D eigenvalue weighted by atomic mass is 10.4. The van der Waals surface area contributed by atoms with Gasteiger partial charge in [-0.3, -0.25) is 0 Å². The molecule has 0 aromatic heterocycles. The number of hydrogen-bond acceptors (Lipinski definition) is 13. The van der Waals surface area contributed by atoms with Crippen LogP contribution in [0.15, 0.2) is 24.8 Å². The number of hydrogen-bond donors (Lipinski definition) is 0. The summed E-state index contributed by atoms with van der Waals surface area (Å²) in [4.78, 5) is 20.0. The van der Waals surface area contributed by atoms with Crippen molar-refractivity contribution in [1.29, 1.82) is 0 Å². The Kier molecular flexibility index (Phi) is 45.3. The van der Waals surface area contributed by atoms with Crippen molar-refractivity contribution in [2.75, 3.05) is 75.7 Å². The van der Waals surface area contributed by atoms with Gasteiger partial charge in [0, 0.05) is 92.3 Å². The summed E-state index contributed by atoms with van der Waals surface area (Å²) in [7, 11) is 2.35. The van der Waals surface area contributed by atoms with Gasteiger partial charge < -0.3 is 49.3 Å². The van der Waals surface area contributed by atoms with Crippen LogP contribution >= 0.6 is 0 Å². The van der Waals surface area contributed by atoms with Crippen LogP contribution in [0.4, 0.5) is 0 Å². The van der Waals surface area contributed by atoms with Gasteiger partial charge in [0.1, 0.15) is 0 Å². The molecule has 13 nitrogen and oxygen atoms in total. The summed E-state index contributed by atoms with van der Waals surface area (Å²) >= 11 is 0. The number of ether oxygens (including phenoxy) is 2. The molecule has 0 fully saturated rings. The van der Waals surface area contributed by atoms with Crippen LogP contribution in [-0.2, 0) is 58.9 Å². The monoisotopic (exact) mass is 694 g/mol. The zero-order chi connectivity index (χ0) is 35.0. The molecule has 0 saturated heterocycles. The van der Waals surface area contributed by atoms with E-state index in [-0.39, 0.29) is 13.4 Å². The molecule has 0 rings (SSSR count). The van der Waals surface area contributed by atoms with E-state index in [2.05, 4.69) is 22.6 Å². The lowest BCUT2D eigenvalue weighted by Gasteiger charge is -2.26. The third kappa shape index (κ3) is 33.6. The molecule has 0 N–H and O–H groups in total. The number of methoxy groups -OCH3 is 2. The van der Waals surface area contributed by atoms with Gasteiger partial charge in [-0.05, 0) is 41.5 Å². The van der Waals surface area contributed by atoms with E-state index in [1.54, 1.807) is 35.4 Å². The number of esters is 2. The first-order chi connectivity index (χ1) is 20.1. The molecule has 0 atom stereocenters. The average molecular weight is 695 g/mol. The number of rotatable bonds is 17. The fourth-order valence-corrected chi connectivity index (χ4v) is 6.33. The third-order valence-corrected chi connectivity index (χ3v) is 12.4. The second-order valence-electron chi connectivity index (χ2n) is 7.74. The van der Waals surface area contributed by atoms with Crippen LogP contribution in [-0.4, -0.2) is 114 Å². The molecule has 0 aromatic rings. The van der Waals surface area contributed by atoms with Gasteiger partial charge in [-0.1, -0.05) is 27.5 Å². The maximum atomic E-state index is 10.2. The highest BCUT2D eigenvalue weighted by molar-refractivity contribution is 6.60. The molecule has 0 bridgehead atoms. The minimum Gasteiger partial charge on any atom is -0.466 e. The molecule has 44 heavy (non-hydrogen) atoms. The first-order valence-corrected chi connectivity index (χ1v) is 20.3. The molecule has 0 aromatic carbocycles. The standard InChI is InChI=1S/C8H20O3Si.C6H16O3Si.C5H8O2.C4H12O3Si.C4H6O2.CH4/c1-5-9-12(8-4,10-6-2)11-7-3;1-5-8-10(4,7-3)9-6-2;1-4(2)5(6)7-3;1-5-8(4,6-2)7-3;1-3-4(5)6-2;/h5-8H2,1-4H3;5-6H2,1-4H3;1H2,2-3H3;1-4H3;3H,1H2,2H3;1H4. The maximum absolute atomic E-state index is 10.2. The second-order valence-corrected chi connectivity index (χ2v) is 16.3. The zero-order valence-corrected chi connectivity index (χ0v) is 32.5. The largest absolute Gasteiger partial charge is 0.500 e. The van der Waals surface area contributed by atoms with Gasteiger partial charge in [-0.15, -0.1) is 0 Å². The zero-order valence-electron chi connectivity index (χ0n) is 29.5. The maximum Gasteiger partial charge on any atom is 0.500 e. The van der Waals surface area contributed by atoms with Gasteiger partial charge >= 0.3 is 38.4 Å². The van der Waals surface area contributed by atoms with E-state index in [0.717, 1.165) is 12.1 Å². The highest BCUT2D eigenvalue weighted by Gasteiger charge is 2.37. The Bertz CT molecular complexity index is 648. The molecule has 0 amide bonds. The van der Waals surface area contributed by atoms with Crippen LogP contribution in [0.1, 0.15) is 55.9 Å². The summed E-state index contributed by atoms with van der Waals surface area (Å²) in [5, 5.41) is 0. The van der Waals surface area contributed by atoms with Crippen LogP contribution < -0.4 is 0 Å². The number of carbonyl (C=O) groups excluding carboxylic acids is 2. The Balaban J connectivity index is -0.000000104. The SMILES string of the molecule is C.C=C(C)C(=O)OC.C=CC(=O)OC.CCO[Si](C)(OC)OCC.CCO[Si](CC)(OCC)OCC.CO[Si](C)(OC)OC. The summed E-state index contributed by atoms with van der Waals surface area (Å²) in [6.07, 6.45) is 1.11. The molecule has 0 unspecified atom stereocenters. The van der Waals surface area contributed by atoms with Crippen LogP contribution in [0.2, 0.25) is 19.1 Å². The average Bonchev–Trinajstić information content (AvgIpc) is 3.01. The van der Waals surface area contributed by atoms with E-state index in [1.165, 1.54) is 14.2 Å². The molecule has 268 valence electrons. The van der Waals surface area contributed by atoms with Crippen molar-refractivity contribution in [2.24, 2.45) is 0 Å². The molecule has 0 aliphatic carbocycles. The minimum atomic E-state index is -2.27. The second kappa shape index (κ2) is 36.2. The van der Waals surface area contributed by atoms with Gasteiger partial charge in [0.2, 0.25) is 0 Å². The molecule has 16 heteroatoms. The summed E-state index contributed by atoms with van der Waals surface area (Å²) in [6, 6.07) is 0.850. The van der Waals surface area contributed by atoms with Gasteiger partial charge in [-0.2, -0.15) is 0 Å². The Morgan fingerprint density at radius 1 is 0.614 bits per heavy atom. The first-order valence-electron chi connectivity index (χ1n) is 13.9. The predicted octanol–water partition coefficient (Wildman–Crippen LogP) is 5.54. The Morgan fingerprint density at radius 2 is 0.932 bits per heavy atom. The van der Waals surface area contributed by atoms with Crippen molar-refractivity contribution in [3.8, 4) is 0 Å². The van der Waals surface area contributed by atoms with Crippen molar-refractivity contribution >= 4 is 38.4 Å². The highest BCUT2D eigenvalue weighted by atomic mass is 28.4. The summed E-state index contributed by atoms with van der Waals surface area (Å²) in [5.74, 6) is -0.741. The molecule has 0 aliphatic rings. The van der Waals surface area contributed by atoms with Gasteiger partial charge in [0.05, 0.1) is 14.2 Å². The topological polar surface area (TPSA) is 136 Å². The van der Waals surface area contributed by atoms with Gasteiger partial charge in [0.15, 0.2) is 0 Å². The number of carbonyl (C=O) groups is 2. The first kappa shape index (κ1) is 55.1. The Hall–Kier alpha value is -1.29. The van der Waals surface area contributed by atoms with Crippen LogP contribution in [0.25, 0.3) is 0 Å². The van der Waals surface area contributed by atoms with Crippen molar-refractivity contribution in [1.82, 2.24) is 0 Å². The molecule has 0 saturated carbocycles. The van der Waals surface area contributed by atoms with Crippen molar-refractivity contribution in [3.63, 3.8) is 0 Å². The lowest BCUT2D eigenvalue weighted by Crippen LogP contribution is -2.45. The third-order valence-electron chi connectivity index (χ3n) is 4.72. The molecular formula is C28H66O13Si3. The van der Waals surface area contributed by atoms with E-state index in [9.17, 15) is 9.59 Å². The summed E-state index contributed by atoms with van der Waals surface area (Å²) in [5.41, 5.74) is 0.433. The fourth-order valence-electron chi connectivity index (χ4n) is 2.28. The van der Waals surface area contributed by atoms with E-state index < -0.39 is 32.4 Å². The molecule has 0 radical (unpaired) electrons. The molecule has 0 spiro atoms. The molecule has 0 aliphatic heterocycles. The highest BCUT2D eigenvalue weighted by Crippen LogP contribution is 2.14. The molecule has 0 heterocycles. The Labute approximate surface area is 272 Å². The fraction of sp³-hybridized carbons (Fsp3) is 0.786. The van der Waals surface area contributed by atoms with E-state index in [4.69, 9.17) is 39.8 Å². The van der Waals surface area contributed by atoms with Crippen molar-refractivity contribution in [2.45, 2.75) is 75.0 Å². The smallest absolute Gasteiger partial charge is 0.466 e. The van der Waals surface area contributed by atoms with Crippen LogP contribution in [0, 0.1) is 0 Å². The van der Waals surface area contributed by atoms with Gasteiger partial charge in [0.25, 0.3) is 0 Å². The van der Waals surface area contributed by atoms with Crippen LogP contribution in [0.5, 0.6) is 0 Å². The van der Waals surface area contributed by atoms with Crippen molar-refractivity contribution < 1.29 is 58.9 Å². The summed E-state index contributed by atoms with van der Waals surface area (Å²) in [6.45, 7) is 26.9. The predicted molar refractivity (Wildman–Crippen MR) is 181 cm³/mol.